The van der Waals surface area contributed by atoms with E-state index in [4.69, 9.17) is 10.5 Å². The SMILES string of the molecule is C=CC[C@H](OCc1ccccc1)[C@@H](N)[C@@H]1CCC[C@@H]1O. The van der Waals surface area contributed by atoms with E-state index in [1.54, 1.807) is 0 Å². The highest BCUT2D eigenvalue weighted by atomic mass is 16.5. The summed E-state index contributed by atoms with van der Waals surface area (Å²) in [6, 6.07) is 9.95. The van der Waals surface area contributed by atoms with E-state index in [9.17, 15) is 5.11 Å². The van der Waals surface area contributed by atoms with Gasteiger partial charge >= 0.3 is 0 Å². The molecule has 4 atom stereocenters. The fraction of sp³-hybridized carbons (Fsp3) is 0.529. The van der Waals surface area contributed by atoms with E-state index in [1.165, 1.54) is 0 Å². The Labute approximate surface area is 121 Å². The second-order valence-electron chi connectivity index (χ2n) is 5.60. The van der Waals surface area contributed by atoms with Gasteiger partial charge in [-0.3, -0.25) is 0 Å². The Hall–Kier alpha value is -1.16. The molecule has 0 heterocycles. The molecular weight excluding hydrogens is 250 g/mol. The van der Waals surface area contributed by atoms with Crippen molar-refractivity contribution in [3.63, 3.8) is 0 Å². The van der Waals surface area contributed by atoms with Gasteiger partial charge in [0, 0.05) is 12.0 Å². The van der Waals surface area contributed by atoms with Crippen molar-refractivity contribution >= 4 is 0 Å². The van der Waals surface area contributed by atoms with E-state index in [0.717, 1.165) is 31.2 Å². The summed E-state index contributed by atoms with van der Waals surface area (Å²) in [5.41, 5.74) is 7.47. The third-order valence-electron chi connectivity index (χ3n) is 4.16. The Morgan fingerprint density at radius 3 is 2.70 bits per heavy atom. The van der Waals surface area contributed by atoms with Gasteiger partial charge in [0.25, 0.3) is 0 Å². The lowest BCUT2D eigenvalue weighted by atomic mass is 9.91. The largest absolute Gasteiger partial charge is 0.393 e. The van der Waals surface area contributed by atoms with Gasteiger partial charge in [-0.15, -0.1) is 6.58 Å². The van der Waals surface area contributed by atoms with E-state index in [-0.39, 0.29) is 24.2 Å². The van der Waals surface area contributed by atoms with Crippen molar-refractivity contribution in [1.29, 1.82) is 0 Å². The summed E-state index contributed by atoms with van der Waals surface area (Å²) in [6.45, 7) is 4.34. The fourth-order valence-corrected chi connectivity index (χ4v) is 2.97. The van der Waals surface area contributed by atoms with E-state index in [0.29, 0.717) is 6.61 Å². The number of aliphatic hydroxyl groups excluding tert-OH is 1. The van der Waals surface area contributed by atoms with Crippen LogP contribution in [0.1, 0.15) is 31.2 Å². The molecule has 0 amide bonds. The molecule has 0 unspecified atom stereocenters. The van der Waals surface area contributed by atoms with Crippen LogP contribution in [-0.4, -0.2) is 23.4 Å². The Morgan fingerprint density at radius 1 is 1.35 bits per heavy atom. The number of hydrogen-bond donors (Lipinski definition) is 2. The van der Waals surface area contributed by atoms with Crippen LogP contribution in [0, 0.1) is 5.92 Å². The monoisotopic (exact) mass is 275 g/mol. The average Bonchev–Trinajstić information content (AvgIpc) is 2.90. The number of aliphatic hydroxyl groups is 1. The number of benzene rings is 1. The topological polar surface area (TPSA) is 55.5 Å². The molecule has 0 saturated heterocycles. The maximum absolute atomic E-state index is 10.0. The van der Waals surface area contributed by atoms with Gasteiger partial charge in [0.1, 0.15) is 0 Å². The van der Waals surface area contributed by atoms with Gasteiger partial charge in [-0.2, -0.15) is 0 Å². The Bertz CT molecular complexity index is 407. The van der Waals surface area contributed by atoms with E-state index < -0.39 is 0 Å². The summed E-state index contributed by atoms with van der Waals surface area (Å²) in [5, 5.41) is 10.0. The first-order valence-corrected chi connectivity index (χ1v) is 7.42. The lowest BCUT2D eigenvalue weighted by Crippen LogP contribution is -2.45. The Morgan fingerprint density at radius 2 is 2.10 bits per heavy atom. The van der Waals surface area contributed by atoms with Crippen LogP contribution in [-0.2, 0) is 11.3 Å². The smallest absolute Gasteiger partial charge is 0.0768 e. The standard InChI is InChI=1S/C17H25NO2/c1-2-7-16(17(18)14-10-6-11-15(14)19)20-12-13-8-4-3-5-9-13/h2-5,8-9,14-17,19H,1,6-7,10-12,18H2/t14-,15+,16+,17+/m1/s1. The molecule has 1 saturated carbocycles. The number of rotatable bonds is 7. The van der Waals surface area contributed by atoms with Crippen LogP contribution < -0.4 is 5.73 Å². The molecule has 3 N–H and O–H groups in total. The van der Waals surface area contributed by atoms with Crippen molar-refractivity contribution in [2.24, 2.45) is 11.7 Å². The summed E-state index contributed by atoms with van der Waals surface area (Å²) in [4.78, 5) is 0. The molecule has 0 aromatic heterocycles. The summed E-state index contributed by atoms with van der Waals surface area (Å²) in [5.74, 6) is 0.149. The molecule has 1 aromatic rings. The molecule has 20 heavy (non-hydrogen) atoms. The molecule has 3 heteroatoms. The molecule has 1 aromatic carbocycles. The summed E-state index contributed by atoms with van der Waals surface area (Å²) >= 11 is 0. The minimum absolute atomic E-state index is 0.0783. The zero-order valence-corrected chi connectivity index (χ0v) is 11.9. The molecule has 0 bridgehead atoms. The molecule has 110 valence electrons. The van der Waals surface area contributed by atoms with Gasteiger partial charge in [0.05, 0.1) is 18.8 Å². The lowest BCUT2D eigenvalue weighted by Gasteiger charge is -2.30. The molecular formula is C17H25NO2. The molecule has 3 nitrogen and oxygen atoms in total. The van der Waals surface area contributed by atoms with Crippen molar-refractivity contribution in [1.82, 2.24) is 0 Å². The molecule has 1 aliphatic carbocycles. The quantitative estimate of drug-likeness (QED) is 0.752. The van der Waals surface area contributed by atoms with Crippen molar-refractivity contribution in [2.75, 3.05) is 0 Å². The van der Waals surface area contributed by atoms with Crippen LogP contribution in [0.2, 0.25) is 0 Å². The summed E-state index contributed by atoms with van der Waals surface area (Å²) in [6.07, 6.45) is 5.11. The molecule has 0 aliphatic heterocycles. The van der Waals surface area contributed by atoms with Crippen LogP contribution in [0.5, 0.6) is 0 Å². The van der Waals surface area contributed by atoms with Crippen molar-refractivity contribution < 1.29 is 9.84 Å². The first-order chi connectivity index (χ1) is 9.72. The Balaban J connectivity index is 1.93. The van der Waals surface area contributed by atoms with Crippen LogP contribution in [0.3, 0.4) is 0 Å². The van der Waals surface area contributed by atoms with Crippen LogP contribution in [0.15, 0.2) is 43.0 Å². The van der Waals surface area contributed by atoms with Crippen LogP contribution >= 0.6 is 0 Å². The van der Waals surface area contributed by atoms with E-state index in [2.05, 4.69) is 6.58 Å². The first kappa shape index (κ1) is 15.2. The maximum atomic E-state index is 10.0. The maximum Gasteiger partial charge on any atom is 0.0768 e. The summed E-state index contributed by atoms with van der Waals surface area (Å²) in [7, 11) is 0. The van der Waals surface area contributed by atoms with E-state index in [1.807, 2.05) is 36.4 Å². The van der Waals surface area contributed by atoms with Gasteiger partial charge < -0.3 is 15.6 Å². The third kappa shape index (κ3) is 3.92. The molecule has 1 fully saturated rings. The van der Waals surface area contributed by atoms with Gasteiger partial charge in [-0.25, -0.2) is 0 Å². The lowest BCUT2D eigenvalue weighted by molar-refractivity contribution is -0.00515. The predicted octanol–water partition coefficient (Wildman–Crippen LogP) is 2.64. The average molecular weight is 275 g/mol. The second-order valence-corrected chi connectivity index (χ2v) is 5.60. The molecule has 0 radical (unpaired) electrons. The van der Waals surface area contributed by atoms with Gasteiger partial charge in [0.15, 0.2) is 0 Å². The summed E-state index contributed by atoms with van der Waals surface area (Å²) < 4.78 is 5.98. The van der Waals surface area contributed by atoms with Gasteiger partial charge in [-0.05, 0) is 24.8 Å². The van der Waals surface area contributed by atoms with Crippen molar-refractivity contribution in [3.05, 3.63) is 48.6 Å². The predicted molar refractivity (Wildman–Crippen MR) is 81.2 cm³/mol. The number of nitrogens with two attached hydrogens (primary N) is 1. The minimum atomic E-state index is -0.280. The molecule has 1 aliphatic rings. The van der Waals surface area contributed by atoms with Crippen molar-refractivity contribution in [2.45, 2.75) is 50.5 Å². The second kappa shape index (κ2) is 7.58. The molecule has 2 rings (SSSR count). The zero-order chi connectivity index (χ0) is 14.4. The third-order valence-corrected chi connectivity index (χ3v) is 4.16. The highest BCUT2D eigenvalue weighted by molar-refractivity contribution is 5.13. The highest BCUT2D eigenvalue weighted by Crippen LogP contribution is 2.30. The van der Waals surface area contributed by atoms with E-state index >= 15 is 0 Å². The minimum Gasteiger partial charge on any atom is -0.393 e. The highest BCUT2D eigenvalue weighted by Gasteiger charge is 2.34. The fourth-order valence-electron chi connectivity index (χ4n) is 2.97. The van der Waals surface area contributed by atoms with Gasteiger partial charge in [-0.1, -0.05) is 42.8 Å². The van der Waals surface area contributed by atoms with Crippen LogP contribution in [0.4, 0.5) is 0 Å². The van der Waals surface area contributed by atoms with Gasteiger partial charge in [0.2, 0.25) is 0 Å². The first-order valence-electron chi connectivity index (χ1n) is 7.42. The number of hydrogen-bond acceptors (Lipinski definition) is 3. The van der Waals surface area contributed by atoms with Crippen LogP contribution in [0.25, 0.3) is 0 Å². The Kier molecular flexibility index (Phi) is 5.77. The number of ether oxygens (including phenoxy) is 1. The van der Waals surface area contributed by atoms with Crippen molar-refractivity contribution in [3.8, 4) is 0 Å². The normalized spacial score (nSPS) is 25.3. The molecule has 0 spiro atoms. The zero-order valence-electron chi connectivity index (χ0n) is 11.9.